The molecule has 6 nitrogen and oxygen atoms in total. The van der Waals surface area contributed by atoms with Gasteiger partial charge < -0.3 is 10.2 Å². The highest BCUT2D eigenvalue weighted by atomic mass is 19.1. The maximum atomic E-state index is 14.3. The number of nitrogens with zero attached hydrogens (tertiary/aromatic N) is 4. The maximum absolute atomic E-state index is 14.3. The summed E-state index contributed by atoms with van der Waals surface area (Å²) in [6.07, 6.45) is 1.79. The molecule has 2 saturated heterocycles. The highest BCUT2D eigenvalue weighted by molar-refractivity contribution is 5.97. The van der Waals surface area contributed by atoms with Gasteiger partial charge in [0, 0.05) is 75.5 Å². The van der Waals surface area contributed by atoms with Crippen LogP contribution >= 0.6 is 0 Å². The van der Waals surface area contributed by atoms with Crippen molar-refractivity contribution < 1.29 is 18.0 Å². The summed E-state index contributed by atoms with van der Waals surface area (Å²) in [4.78, 5) is 24.6. The first kappa shape index (κ1) is 26.1. The van der Waals surface area contributed by atoms with E-state index in [4.69, 9.17) is 0 Å². The molecule has 4 heterocycles. The zero-order valence-electron chi connectivity index (χ0n) is 21.8. The Morgan fingerprint density at radius 2 is 2.03 bits per heavy atom. The van der Waals surface area contributed by atoms with Gasteiger partial charge in [-0.1, -0.05) is 19.9 Å². The van der Waals surface area contributed by atoms with Crippen LogP contribution in [0.3, 0.4) is 0 Å². The van der Waals surface area contributed by atoms with Gasteiger partial charge in [0.25, 0.3) is 0 Å². The second-order valence-electron chi connectivity index (χ2n) is 11.5. The molecule has 0 spiro atoms. The molecule has 0 aliphatic carbocycles. The van der Waals surface area contributed by atoms with Gasteiger partial charge in [-0.3, -0.25) is 19.6 Å². The molecule has 1 aromatic carbocycles. The quantitative estimate of drug-likeness (QED) is 0.640. The van der Waals surface area contributed by atoms with E-state index in [9.17, 15) is 18.0 Å². The summed E-state index contributed by atoms with van der Waals surface area (Å²) in [7, 11) is 0. The number of carbonyl (C=O) groups is 1. The van der Waals surface area contributed by atoms with Gasteiger partial charge in [0.2, 0.25) is 5.91 Å². The van der Waals surface area contributed by atoms with Gasteiger partial charge in [0.15, 0.2) is 0 Å². The number of anilines is 1. The number of carbonyl (C=O) groups excluding carboxylic acids is 1. The molecule has 3 atom stereocenters. The Labute approximate surface area is 216 Å². The lowest BCUT2D eigenvalue weighted by molar-refractivity contribution is -0.120. The Morgan fingerprint density at radius 1 is 1.22 bits per heavy atom. The van der Waals surface area contributed by atoms with Crippen molar-refractivity contribution in [2.45, 2.75) is 57.3 Å². The van der Waals surface area contributed by atoms with Gasteiger partial charge in [0.1, 0.15) is 17.8 Å². The van der Waals surface area contributed by atoms with E-state index < -0.39 is 17.8 Å². The van der Waals surface area contributed by atoms with Crippen LogP contribution in [0.15, 0.2) is 30.5 Å². The number of rotatable bonds is 6. The van der Waals surface area contributed by atoms with Gasteiger partial charge in [-0.15, -0.1) is 0 Å². The molecule has 9 heteroatoms. The first-order valence-corrected chi connectivity index (χ1v) is 13.2. The second kappa shape index (κ2) is 10.3. The average Bonchev–Trinajstić information content (AvgIpc) is 3.37. The van der Waals surface area contributed by atoms with Crippen molar-refractivity contribution in [1.82, 2.24) is 20.1 Å². The number of nitrogens with one attached hydrogen (secondary N) is 1. The molecule has 37 heavy (non-hydrogen) atoms. The number of aromatic nitrogens is 1. The van der Waals surface area contributed by atoms with Crippen molar-refractivity contribution in [3.63, 3.8) is 0 Å². The molecule has 5 rings (SSSR count). The van der Waals surface area contributed by atoms with E-state index in [-0.39, 0.29) is 36.4 Å². The maximum Gasteiger partial charge on any atom is 0.241 e. The number of alkyl halides is 1. The zero-order valence-corrected chi connectivity index (χ0v) is 21.8. The molecule has 2 fully saturated rings. The van der Waals surface area contributed by atoms with Gasteiger partial charge in [-0.05, 0) is 36.6 Å². The molecule has 3 aliphatic heterocycles. The molecular weight excluding hydrogens is 479 g/mol. The smallest absolute Gasteiger partial charge is 0.241 e. The predicted octanol–water partition coefficient (Wildman–Crippen LogP) is 3.28. The van der Waals surface area contributed by atoms with Crippen molar-refractivity contribution in [3.8, 4) is 0 Å². The molecule has 0 radical (unpaired) electrons. The van der Waals surface area contributed by atoms with Crippen molar-refractivity contribution in [2.75, 3.05) is 50.7 Å². The van der Waals surface area contributed by atoms with E-state index in [1.165, 1.54) is 12.1 Å². The minimum atomic E-state index is -0.765. The molecule has 3 aliphatic rings. The first-order valence-electron chi connectivity index (χ1n) is 13.2. The molecule has 2 aromatic rings. The number of pyridine rings is 1. The van der Waals surface area contributed by atoms with Crippen molar-refractivity contribution in [1.29, 1.82) is 0 Å². The number of hydrogen-bond acceptors (Lipinski definition) is 5. The van der Waals surface area contributed by atoms with E-state index in [0.29, 0.717) is 25.1 Å². The summed E-state index contributed by atoms with van der Waals surface area (Å²) in [5, 5.41) is 3.51. The Hall–Kier alpha value is -2.49. The van der Waals surface area contributed by atoms with Gasteiger partial charge in [-0.2, -0.15) is 0 Å². The van der Waals surface area contributed by atoms with Crippen molar-refractivity contribution >= 4 is 11.6 Å². The van der Waals surface area contributed by atoms with Crippen LogP contribution in [0.4, 0.5) is 18.9 Å². The minimum Gasteiger partial charge on any atom is -0.311 e. The fourth-order valence-corrected chi connectivity index (χ4v) is 5.90. The summed E-state index contributed by atoms with van der Waals surface area (Å²) >= 11 is 0. The van der Waals surface area contributed by atoms with E-state index in [2.05, 4.69) is 40.9 Å². The van der Waals surface area contributed by atoms with Gasteiger partial charge >= 0.3 is 0 Å². The SMILES string of the molecule is C[C@@H]1CN(CC(=O)N2CC(C)(C)c3ncc(Cc4ccc(F)cc4F)cc32)[C@@H](CN2CC[C@H](F)C2)CN1. The third kappa shape index (κ3) is 5.68. The Morgan fingerprint density at radius 3 is 2.76 bits per heavy atom. The lowest BCUT2D eigenvalue weighted by Gasteiger charge is -2.41. The van der Waals surface area contributed by atoms with Crippen LogP contribution in [-0.4, -0.2) is 84.8 Å². The van der Waals surface area contributed by atoms with Crippen LogP contribution < -0.4 is 10.2 Å². The van der Waals surface area contributed by atoms with Gasteiger partial charge in [-0.25, -0.2) is 13.2 Å². The summed E-state index contributed by atoms with van der Waals surface area (Å²) in [6.45, 7) is 10.5. The number of amides is 1. The topological polar surface area (TPSA) is 51.7 Å². The van der Waals surface area contributed by atoms with Crippen LogP contribution in [-0.2, 0) is 16.6 Å². The number of likely N-dealkylation sites (tertiary alicyclic amines) is 1. The molecular formula is C28H36F3N5O. The third-order valence-electron chi connectivity index (χ3n) is 7.87. The van der Waals surface area contributed by atoms with Gasteiger partial charge in [0.05, 0.1) is 17.9 Å². The van der Waals surface area contributed by atoms with Crippen LogP contribution in [0, 0.1) is 11.6 Å². The molecule has 200 valence electrons. The Balaban J connectivity index is 1.34. The molecule has 0 bridgehead atoms. The summed E-state index contributed by atoms with van der Waals surface area (Å²) in [5.41, 5.74) is 2.44. The molecule has 1 amide bonds. The Kier molecular flexibility index (Phi) is 7.31. The van der Waals surface area contributed by atoms with Crippen LogP contribution in [0.25, 0.3) is 0 Å². The second-order valence-corrected chi connectivity index (χ2v) is 11.5. The fraction of sp³-hybridized carbons (Fsp3) is 0.571. The number of halogens is 3. The fourth-order valence-electron chi connectivity index (χ4n) is 5.90. The van der Waals surface area contributed by atoms with E-state index in [0.717, 1.165) is 49.2 Å². The third-order valence-corrected chi connectivity index (χ3v) is 7.87. The van der Waals surface area contributed by atoms with Crippen molar-refractivity contribution in [2.24, 2.45) is 0 Å². The Bertz CT molecular complexity index is 1160. The molecule has 1 N–H and O–H groups in total. The molecule has 0 saturated carbocycles. The molecule has 0 unspecified atom stereocenters. The summed E-state index contributed by atoms with van der Waals surface area (Å²) < 4.78 is 41.4. The normalized spacial score (nSPS) is 26.0. The highest BCUT2D eigenvalue weighted by Crippen LogP contribution is 2.40. The van der Waals surface area contributed by atoms with Crippen molar-refractivity contribution in [3.05, 3.63) is 58.9 Å². The van der Waals surface area contributed by atoms with Crippen LogP contribution in [0.1, 0.15) is 44.0 Å². The lowest BCUT2D eigenvalue weighted by Crippen LogP contribution is -2.60. The molecule has 1 aromatic heterocycles. The number of hydrogen-bond donors (Lipinski definition) is 1. The number of piperazine rings is 1. The standard InChI is InChI=1S/C28H36F3N5O/c1-18-13-35(23(12-32-18)15-34-7-6-22(30)14-34)16-26(37)36-17-28(2,3)27-25(36)9-19(11-33-27)8-20-4-5-21(29)10-24(20)31/h4-5,9-11,18,22-23,32H,6-8,12-17H2,1-3H3/t18-,22+,23-/m1/s1. The largest absolute Gasteiger partial charge is 0.311 e. The highest BCUT2D eigenvalue weighted by Gasteiger charge is 2.41. The zero-order chi connectivity index (χ0) is 26.3. The predicted molar refractivity (Wildman–Crippen MR) is 138 cm³/mol. The lowest BCUT2D eigenvalue weighted by atomic mass is 9.91. The summed E-state index contributed by atoms with van der Waals surface area (Å²) in [5.74, 6) is -1.20. The average molecular weight is 516 g/mol. The van der Waals surface area contributed by atoms with E-state index >= 15 is 0 Å². The first-order chi connectivity index (χ1) is 17.6. The van der Waals surface area contributed by atoms with Crippen LogP contribution in [0.2, 0.25) is 0 Å². The van der Waals surface area contributed by atoms with E-state index in [1.807, 2.05) is 11.0 Å². The number of fused-ring (bicyclic) bond motifs is 1. The van der Waals surface area contributed by atoms with Crippen LogP contribution in [0.5, 0.6) is 0 Å². The minimum absolute atomic E-state index is 0.00243. The number of benzene rings is 1. The van der Waals surface area contributed by atoms with E-state index in [1.54, 1.807) is 6.20 Å². The summed E-state index contributed by atoms with van der Waals surface area (Å²) in [6, 6.07) is 5.89. The monoisotopic (exact) mass is 515 g/mol.